The second kappa shape index (κ2) is 8.44. The molecular weight excluding hydrogens is 342 g/mol. The molecule has 7 nitrogen and oxygen atoms in total. The van der Waals surface area contributed by atoms with Crippen LogP contribution in [0.15, 0.2) is 59.9 Å². The molecule has 2 heterocycles. The molecule has 27 heavy (non-hydrogen) atoms. The molecule has 0 radical (unpaired) electrons. The van der Waals surface area contributed by atoms with Crippen LogP contribution in [0.2, 0.25) is 0 Å². The molecule has 0 bridgehead atoms. The van der Waals surface area contributed by atoms with Crippen molar-refractivity contribution in [2.75, 3.05) is 0 Å². The van der Waals surface area contributed by atoms with Crippen LogP contribution in [0.1, 0.15) is 48.8 Å². The van der Waals surface area contributed by atoms with E-state index in [1.165, 1.54) is 16.8 Å². The molecular formula is C20H23N5O2. The smallest absolute Gasteiger partial charge is 0.272 e. The first kappa shape index (κ1) is 18.6. The lowest BCUT2D eigenvalue weighted by molar-refractivity contribution is 0.0932. The summed E-state index contributed by atoms with van der Waals surface area (Å²) in [4.78, 5) is 28.4. The van der Waals surface area contributed by atoms with E-state index in [4.69, 9.17) is 0 Å². The summed E-state index contributed by atoms with van der Waals surface area (Å²) in [6.45, 7) is 4.47. The SMILES string of the molecule is CCCCn1nc(C(=O)N[C@@H](C)c2ccc(-n3ccnc3)cc2)ccc1=O. The number of carbonyl (C=O) groups is 1. The highest BCUT2D eigenvalue weighted by atomic mass is 16.2. The molecule has 7 heteroatoms. The summed E-state index contributed by atoms with van der Waals surface area (Å²) < 4.78 is 3.26. The van der Waals surface area contributed by atoms with Gasteiger partial charge in [0, 0.05) is 30.7 Å². The summed E-state index contributed by atoms with van der Waals surface area (Å²) in [5, 5.41) is 7.12. The first-order valence-corrected chi connectivity index (χ1v) is 9.06. The highest BCUT2D eigenvalue weighted by Gasteiger charge is 2.14. The standard InChI is InChI=1S/C20H23N5O2/c1-3-4-12-25-19(26)10-9-18(23-25)20(27)22-15(2)16-5-7-17(8-6-16)24-13-11-21-14-24/h5-11,13-15H,3-4,12H2,1-2H3,(H,22,27)/t15-/m0/s1. The molecule has 3 rings (SSSR count). The minimum atomic E-state index is -0.300. The number of nitrogens with zero attached hydrogens (tertiary/aromatic N) is 4. The van der Waals surface area contributed by atoms with Gasteiger partial charge in [0.25, 0.3) is 11.5 Å². The third kappa shape index (κ3) is 4.49. The molecule has 0 spiro atoms. The van der Waals surface area contributed by atoms with Crippen LogP contribution >= 0.6 is 0 Å². The number of nitrogens with one attached hydrogen (secondary N) is 1. The van der Waals surface area contributed by atoms with Gasteiger partial charge in [-0.25, -0.2) is 9.67 Å². The fraction of sp³-hybridized carbons (Fsp3) is 0.300. The predicted molar refractivity (Wildman–Crippen MR) is 103 cm³/mol. The number of hydrogen-bond donors (Lipinski definition) is 1. The van der Waals surface area contributed by atoms with Crippen LogP contribution in [0, 0.1) is 0 Å². The molecule has 0 aliphatic rings. The van der Waals surface area contributed by atoms with Crippen molar-refractivity contribution < 1.29 is 4.79 Å². The summed E-state index contributed by atoms with van der Waals surface area (Å²) in [5.41, 5.74) is 2.03. The number of rotatable bonds is 7. The van der Waals surface area contributed by atoms with E-state index in [0.29, 0.717) is 6.54 Å². The van der Waals surface area contributed by atoms with Crippen LogP contribution in [0.3, 0.4) is 0 Å². The van der Waals surface area contributed by atoms with Gasteiger partial charge in [-0.2, -0.15) is 5.10 Å². The third-order valence-corrected chi connectivity index (χ3v) is 4.37. The molecule has 0 saturated carbocycles. The molecule has 1 amide bonds. The molecule has 3 aromatic rings. The largest absolute Gasteiger partial charge is 0.344 e. The summed E-state index contributed by atoms with van der Waals surface area (Å²) in [5.74, 6) is -0.300. The Balaban J connectivity index is 1.69. The Morgan fingerprint density at radius 2 is 1.96 bits per heavy atom. The normalized spacial score (nSPS) is 11.9. The first-order chi connectivity index (χ1) is 13.1. The number of carbonyl (C=O) groups excluding carboxylic acids is 1. The molecule has 1 aromatic carbocycles. The summed E-state index contributed by atoms with van der Waals surface area (Å²) in [7, 11) is 0. The van der Waals surface area contributed by atoms with Crippen molar-refractivity contribution in [1.82, 2.24) is 24.6 Å². The Bertz CT molecular complexity index is 945. The van der Waals surface area contributed by atoms with Gasteiger partial charge >= 0.3 is 0 Å². The molecule has 1 N–H and O–H groups in total. The lowest BCUT2D eigenvalue weighted by Crippen LogP contribution is -2.31. The fourth-order valence-corrected chi connectivity index (χ4v) is 2.74. The van der Waals surface area contributed by atoms with Crippen molar-refractivity contribution in [2.24, 2.45) is 0 Å². The molecule has 140 valence electrons. The van der Waals surface area contributed by atoms with E-state index in [2.05, 4.69) is 15.4 Å². The van der Waals surface area contributed by atoms with Crippen LogP contribution in [-0.2, 0) is 6.54 Å². The number of aryl methyl sites for hydroxylation is 1. The number of imidazole rings is 1. The minimum Gasteiger partial charge on any atom is -0.344 e. The van der Waals surface area contributed by atoms with E-state index in [0.717, 1.165) is 24.1 Å². The van der Waals surface area contributed by atoms with Crippen molar-refractivity contribution in [3.63, 3.8) is 0 Å². The van der Waals surface area contributed by atoms with E-state index in [-0.39, 0.29) is 23.2 Å². The van der Waals surface area contributed by atoms with Gasteiger partial charge in [0.1, 0.15) is 5.69 Å². The predicted octanol–water partition coefficient (Wildman–Crippen LogP) is 2.72. The molecule has 2 aromatic heterocycles. The number of aromatic nitrogens is 4. The molecule has 0 aliphatic heterocycles. The van der Waals surface area contributed by atoms with Crippen molar-refractivity contribution in [3.8, 4) is 5.69 Å². The first-order valence-electron chi connectivity index (χ1n) is 9.06. The van der Waals surface area contributed by atoms with Crippen LogP contribution in [0.25, 0.3) is 5.69 Å². The topological polar surface area (TPSA) is 81.8 Å². The maximum Gasteiger partial charge on any atom is 0.272 e. The van der Waals surface area contributed by atoms with Gasteiger partial charge in [-0.3, -0.25) is 9.59 Å². The molecule has 0 fully saturated rings. The molecule has 1 atom stereocenters. The van der Waals surface area contributed by atoms with E-state index < -0.39 is 0 Å². The van der Waals surface area contributed by atoms with Crippen LogP contribution in [-0.4, -0.2) is 25.2 Å². The summed E-state index contributed by atoms with van der Waals surface area (Å²) >= 11 is 0. The Morgan fingerprint density at radius 3 is 2.63 bits per heavy atom. The minimum absolute atomic E-state index is 0.188. The van der Waals surface area contributed by atoms with Gasteiger partial charge in [0.2, 0.25) is 0 Å². The van der Waals surface area contributed by atoms with Gasteiger partial charge in [-0.05, 0) is 37.1 Å². The number of unbranched alkanes of at least 4 members (excludes halogenated alkanes) is 1. The Hall–Kier alpha value is -3.22. The zero-order chi connectivity index (χ0) is 19.2. The van der Waals surface area contributed by atoms with Gasteiger partial charge in [-0.1, -0.05) is 25.5 Å². The highest BCUT2D eigenvalue weighted by Crippen LogP contribution is 2.16. The third-order valence-electron chi connectivity index (χ3n) is 4.37. The van der Waals surface area contributed by atoms with Crippen LogP contribution < -0.4 is 10.9 Å². The average molecular weight is 365 g/mol. The Kier molecular flexibility index (Phi) is 5.80. The molecule has 0 aliphatic carbocycles. The van der Waals surface area contributed by atoms with Gasteiger partial charge < -0.3 is 9.88 Å². The van der Waals surface area contributed by atoms with Crippen molar-refractivity contribution in [3.05, 3.63) is 76.7 Å². The van der Waals surface area contributed by atoms with Gasteiger partial charge in [0.15, 0.2) is 0 Å². The van der Waals surface area contributed by atoms with Crippen LogP contribution in [0.4, 0.5) is 0 Å². The zero-order valence-electron chi connectivity index (χ0n) is 15.5. The van der Waals surface area contributed by atoms with Gasteiger partial charge in [0.05, 0.1) is 12.4 Å². The molecule has 0 saturated heterocycles. The number of benzene rings is 1. The lowest BCUT2D eigenvalue weighted by Gasteiger charge is -2.15. The van der Waals surface area contributed by atoms with Crippen molar-refractivity contribution in [1.29, 1.82) is 0 Å². The fourth-order valence-electron chi connectivity index (χ4n) is 2.74. The van der Waals surface area contributed by atoms with E-state index >= 15 is 0 Å². The summed E-state index contributed by atoms with van der Waals surface area (Å²) in [6.07, 6.45) is 7.14. The van der Waals surface area contributed by atoms with E-state index in [1.54, 1.807) is 12.5 Å². The number of hydrogen-bond acceptors (Lipinski definition) is 4. The van der Waals surface area contributed by atoms with Crippen molar-refractivity contribution in [2.45, 2.75) is 39.3 Å². The molecule has 0 unspecified atom stereocenters. The quantitative estimate of drug-likeness (QED) is 0.698. The second-order valence-electron chi connectivity index (χ2n) is 6.39. The maximum absolute atomic E-state index is 12.5. The van der Waals surface area contributed by atoms with E-state index in [9.17, 15) is 9.59 Å². The van der Waals surface area contributed by atoms with E-state index in [1.807, 2.05) is 48.9 Å². The number of amides is 1. The monoisotopic (exact) mass is 365 g/mol. The second-order valence-corrected chi connectivity index (χ2v) is 6.39. The maximum atomic E-state index is 12.5. The van der Waals surface area contributed by atoms with Crippen LogP contribution in [0.5, 0.6) is 0 Å². The summed E-state index contributed by atoms with van der Waals surface area (Å²) in [6, 6.07) is 10.6. The zero-order valence-corrected chi connectivity index (χ0v) is 15.5. The Labute approximate surface area is 157 Å². The van der Waals surface area contributed by atoms with Gasteiger partial charge in [-0.15, -0.1) is 0 Å². The lowest BCUT2D eigenvalue weighted by atomic mass is 10.1. The average Bonchev–Trinajstić information content (AvgIpc) is 3.22. The van der Waals surface area contributed by atoms with Crippen molar-refractivity contribution >= 4 is 5.91 Å². The highest BCUT2D eigenvalue weighted by molar-refractivity contribution is 5.92. The Morgan fingerprint density at radius 1 is 1.19 bits per heavy atom.